The second-order valence-electron chi connectivity index (χ2n) is 17.9. The molecular weight excluding hydrogens is 855 g/mol. The van der Waals surface area contributed by atoms with Crippen LogP contribution < -0.4 is 20.2 Å². The topological polar surface area (TPSA) is 237 Å². The van der Waals surface area contributed by atoms with E-state index in [-0.39, 0.29) is 79.9 Å². The van der Waals surface area contributed by atoms with Crippen LogP contribution in [0.15, 0.2) is 57.5 Å². The Kier molecular flexibility index (Phi) is 14.6. The molecule has 5 N–H and O–H groups in total. The fraction of sp³-hybridized carbons (Fsp3) is 0.490. The van der Waals surface area contributed by atoms with Crippen LogP contribution in [0.5, 0.6) is 23.0 Å². The van der Waals surface area contributed by atoms with E-state index < -0.39 is 88.4 Å². The quantitative estimate of drug-likeness (QED) is 0.0769. The summed E-state index contributed by atoms with van der Waals surface area (Å²) in [6, 6.07) is 3.09. The molecule has 3 heterocycles. The minimum Gasteiger partial charge on any atom is -0.507 e. The van der Waals surface area contributed by atoms with E-state index >= 15 is 0 Å². The average Bonchev–Trinajstić information content (AvgIpc) is 3.53. The number of aromatic nitrogens is 1. The van der Waals surface area contributed by atoms with Gasteiger partial charge in [-0.1, -0.05) is 45.9 Å². The van der Waals surface area contributed by atoms with Gasteiger partial charge in [0.1, 0.15) is 52.6 Å². The first-order valence-electron chi connectivity index (χ1n) is 22.0. The number of aromatic hydroxyl groups is 2. The Labute approximate surface area is 383 Å². The summed E-state index contributed by atoms with van der Waals surface area (Å²) >= 11 is 0. The summed E-state index contributed by atoms with van der Waals surface area (Å²) in [6.07, 6.45) is 3.38. The number of hydrogen-bond donors (Lipinski definition) is 5. The standard InChI is InChI=1S/C49H61N3O14/c1-22(2)52(11)17-19-62-30-20-31(54)37-33(21-30)65-46-38(50-37)34-35-42(57)28(8)45-36(34)47(59)49(10,66-45)63-18-16-32(61-12)25(5)44(64-29(9)53)27(7)41(56)26(6)40(55)23(3)14-13-15-24(4)48(60)51-39(46)43(35)58/h13-16,18,20-23,25-27,32,40-41,44,54-57H,17,19H2,1-12H3,(H,51,60)/b14-13+,18-16+,24-15-/t23-,25+,26+,27+,32-,40-,41+,44+,49-/m0/s1. The number of fused-ring (bicyclic) bond motifs is 2. The molecule has 0 saturated heterocycles. The molecule has 0 aromatic heterocycles. The summed E-state index contributed by atoms with van der Waals surface area (Å²) in [5.41, 5.74) is -1.65. The van der Waals surface area contributed by atoms with Crippen molar-refractivity contribution in [2.24, 2.45) is 23.7 Å². The number of hydrogen-bond acceptors (Lipinski definition) is 16. The van der Waals surface area contributed by atoms with E-state index in [4.69, 9.17) is 33.1 Å². The fourth-order valence-corrected chi connectivity index (χ4v) is 8.51. The van der Waals surface area contributed by atoms with Crippen LogP contribution >= 0.6 is 0 Å². The third-order valence-corrected chi connectivity index (χ3v) is 13.0. The van der Waals surface area contributed by atoms with Gasteiger partial charge in [0.2, 0.25) is 5.43 Å². The van der Waals surface area contributed by atoms with Crippen LogP contribution in [0.1, 0.15) is 78.2 Å². The number of carbonyl (C=O) groups is 3. The molecule has 3 aliphatic heterocycles. The Morgan fingerprint density at radius 3 is 2.35 bits per heavy atom. The number of esters is 1. The summed E-state index contributed by atoms with van der Waals surface area (Å²) in [5, 5.41) is 48.2. The number of carbonyl (C=O) groups excluding carboxylic acids is 3. The number of rotatable bonds is 7. The molecule has 9 atom stereocenters. The molecule has 0 unspecified atom stereocenters. The van der Waals surface area contributed by atoms with E-state index in [1.54, 1.807) is 39.8 Å². The number of phenolic OH excluding ortho intramolecular Hbond substituents is 2. The van der Waals surface area contributed by atoms with Gasteiger partial charge in [0.05, 0.1) is 35.5 Å². The Hall–Kier alpha value is -6.01. The minimum atomic E-state index is -2.09. The number of ketones is 1. The van der Waals surface area contributed by atoms with Crippen molar-refractivity contribution in [3.63, 3.8) is 0 Å². The van der Waals surface area contributed by atoms with Gasteiger partial charge in [0.15, 0.2) is 11.3 Å². The van der Waals surface area contributed by atoms with Gasteiger partial charge in [-0.05, 0) is 40.8 Å². The number of anilines is 1. The van der Waals surface area contributed by atoms with E-state index in [1.165, 1.54) is 65.4 Å². The highest BCUT2D eigenvalue weighted by Crippen LogP contribution is 2.51. The van der Waals surface area contributed by atoms with Gasteiger partial charge in [-0.25, -0.2) is 4.98 Å². The molecular formula is C49H61N3O14. The third kappa shape index (κ3) is 9.34. The summed E-state index contributed by atoms with van der Waals surface area (Å²) in [7, 11) is 3.38. The lowest BCUT2D eigenvalue weighted by atomic mass is 9.78. The fourth-order valence-electron chi connectivity index (χ4n) is 8.51. The molecule has 66 heavy (non-hydrogen) atoms. The highest BCUT2D eigenvalue weighted by molar-refractivity contribution is 6.22. The van der Waals surface area contributed by atoms with Crippen LogP contribution in [-0.2, 0) is 23.8 Å². The highest BCUT2D eigenvalue weighted by Gasteiger charge is 2.50. The molecule has 0 radical (unpaired) electrons. The maximum absolute atomic E-state index is 14.8. The number of benzene rings is 3. The summed E-state index contributed by atoms with van der Waals surface area (Å²) in [4.78, 5) is 62.7. The van der Waals surface area contributed by atoms with Crippen molar-refractivity contribution < 1.29 is 62.9 Å². The maximum atomic E-state index is 14.8. The number of nitrogens with one attached hydrogen (secondary N) is 1. The SMILES string of the molecule is CO[C@H]1/C=C/O[C@@]2(C)Oc3c(C)c(O)c4c(=O)c(c5oc6cc(OCCN(C)C(C)C)cc(O)c6nc-5c4c3C2=O)NC(=O)/C(C)=C\C=C\[C@H](C)[C@H](O)[C@@H](C)[C@@H](O)[C@@H](C)[C@H](OC(C)=O)[C@@H]1C. The largest absolute Gasteiger partial charge is 0.507 e. The molecule has 2 aromatic carbocycles. The lowest BCUT2D eigenvalue weighted by Crippen LogP contribution is -2.46. The molecule has 0 spiro atoms. The average molecular weight is 916 g/mol. The van der Waals surface area contributed by atoms with Gasteiger partial charge < -0.3 is 58.7 Å². The van der Waals surface area contributed by atoms with Gasteiger partial charge in [-0.2, -0.15) is 0 Å². The molecule has 4 aliphatic rings. The van der Waals surface area contributed by atoms with Crippen LogP contribution in [0.25, 0.3) is 33.3 Å². The zero-order valence-electron chi connectivity index (χ0n) is 39.4. The van der Waals surface area contributed by atoms with Gasteiger partial charge in [0.25, 0.3) is 11.7 Å². The first-order valence-corrected chi connectivity index (χ1v) is 22.0. The molecule has 17 nitrogen and oxygen atoms in total. The highest BCUT2D eigenvalue weighted by atomic mass is 16.7. The van der Waals surface area contributed by atoms with Crippen molar-refractivity contribution in [1.82, 2.24) is 9.88 Å². The number of likely N-dealkylation sites (N-methyl/N-ethyl adjacent to an activating group) is 1. The number of aliphatic hydroxyl groups excluding tert-OH is 2. The van der Waals surface area contributed by atoms with Crippen molar-refractivity contribution in [3.05, 3.63) is 69.6 Å². The number of ether oxygens (including phenoxy) is 5. The predicted molar refractivity (Wildman–Crippen MR) is 246 cm³/mol. The Morgan fingerprint density at radius 1 is 1.00 bits per heavy atom. The van der Waals surface area contributed by atoms with Crippen molar-refractivity contribution >= 4 is 45.2 Å². The molecule has 2 aromatic rings. The first kappa shape index (κ1) is 49.4. The molecule has 4 bridgehead atoms. The van der Waals surface area contributed by atoms with Crippen LogP contribution in [0.3, 0.4) is 0 Å². The Bertz CT molecular complexity index is 2650. The van der Waals surface area contributed by atoms with Gasteiger partial charge >= 0.3 is 11.8 Å². The van der Waals surface area contributed by atoms with Crippen molar-refractivity contribution in [3.8, 4) is 34.5 Å². The smallest absolute Gasteiger partial charge is 0.312 e. The maximum Gasteiger partial charge on any atom is 0.312 e. The van der Waals surface area contributed by atoms with Crippen molar-refractivity contribution in [1.29, 1.82) is 0 Å². The first-order chi connectivity index (χ1) is 31.0. The van der Waals surface area contributed by atoms with Crippen molar-refractivity contribution in [2.75, 3.05) is 32.6 Å². The molecule has 0 fully saturated rings. The molecule has 17 heteroatoms. The zero-order chi connectivity index (χ0) is 48.7. The van der Waals surface area contributed by atoms with Gasteiger partial charge in [0, 0.05) is 85.9 Å². The van der Waals surface area contributed by atoms with Gasteiger partial charge in [-0.3, -0.25) is 19.2 Å². The van der Waals surface area contributed by atoms with E-state index in [1.807, 2.05) is 20.9 Å². The minimum absolute atomic E-state index is 0.0128. The van der Waals surface area contributed by atoms with Crippen molar-refractivity contribution in [2.45, 2.75) is 105 Å². The van der Waals surface area contributed by atoms with E-state index in [9.17, 15) is 39.6 Å². The summed E-state index contributed by atoms with van der Waals surface area (Å²) < 4.78 is 36.1. The number of allylic oxidation sites excluding steroid dienone is 2. The Balaban J connectivity index is 1.58. The van der Waals surface area contributed by atoms with Crippen LogP contribution in [-0.4, -0.2) is 112 Å². The molecule has 0 saturated carbocycles. The van der Waals surface area contributed by atoms with E-state index in [2.05, 4.69) is 10.2 Å². The predicted octanol–water partition coefficient (Wildman–Crippen LogP) is 6.37. The number of nitrogens with zero attached hydrogens (tertiary/aromatic N) is 2. The molecule has 6 rings (SSSR count). The van der Waals surface area contributed by atoms with Crippen LogP contribution in [0.2, 0.25) is 0 Å². The number of amides is 1. The Morgan fingerprint density at radius 2 is 1.70 bits per heavy atom. The molecule has 1 amide bonds. The number of phenols is 2. The van der Waals surface area contributed by atoms with Crippen LogP contribution in [0, 0.1) is 30.6 Å². The second kappa shape index (κ2) is 19.5. The summed E-state index contributed by atoms with van der Waals surface area (Å²) in [5.74, 6) is -7.88. The number of aliphatic hydroxyl groups is 2. The zero-order valence-corrected chi connectivity index (χ0v) is 39.4. The third-order valence-electron chi connectivity index (χ3n) is 13.0. The number of Topliss-reactive ketones (excluding diaryl/α,β-unsaturated/α-hetero) is 1. The second-order valence-corrected chi connectivity index (χ2v) is 17.9. The lowest BCUT2D eigenvalue weighted by molar-refractivity contribution is -0.160. The molecule has 356 valence electrons. The monoisotopic (exact) mass is 915 g/mol. The van der Waals surface area contributed by atoms with E-state index in [0.717, 1.165) is 0 Å². The van der Waals surface area contributed by atoms with Gasteiger partial charge in [-0.15, -0.1) is 0 Å². The van der Waals surface area contributed by atoms with Crippen LogP contribution in [0.4, 0.5) is 5.69 Å². The summed E-state index contributed by atoms with van der Waals surface area (Å²) in [6.45, 7) is 17.3. The van der Waals surface area contributed by atoms with E-state index in [0.29, 0.717) is 6.54 Å². The normalized spacial score (nSPS) is 28.3. The number of methoxy groups -OCH3 is 1. The molecule has 1 aliphatic carbocycles. The lowest BCUT2D eigenvalue weighted by Gasteiger charge is -2.38.